The highest BCUT2D eigenvalue weighted by Gasteiger charge is 2.59. The number of rotatable bonds is 5. The maximum atomic E-state index is 11.5. The normalized spacial score (nSPS) is 33.3. The fraction of sp³-hybridized carbons (Fsp3) is 1.00. The first-order valence-corrected chi connectivity index (χ1v) is 6.14. The van der Waals surface area contributed by atoms with E-state index in [0.717, 1.165) is 0 Å². The van der Waals surface area contributed by atoms with Gasteiger partial charge in [0.25, 0.3) is 0 Å². The largest absolute Gasteiger partial charge is 0.384 e. The zero-order valence-corrected chi connectivity index (χ0v) is 8.93. The van der Waals surface area contributed by atoms with Crippen molar-refractivity contribution in [2.75, 3.05) is 26.0 Å². The molecule has 0 bridgehead atoms. The highest BCUT2D eigenvalue weighted by molar-refractivity contribution is 7.92. The van der Waals surface area contributed by atoms with Gasteiger partial charge in [-0.2, -0.15) is 0 Å². The smallest absolute Gasteiger partial charge is 0.153 e. The third kappa shape index (κ3) is 1.87. The van der Waals surface area contributed by atoms with E-state index in [1.807, 2.05) is 0 Å². The van der Waals surface area contributed by atoms with Gasteiger partial charge in [-0.3, -0.25) is 0 Å². The molecular formula is C8H17NO3S. The van der Waals surface area contributed by atoms with Crippen molar-refractivity contribution in [3.05, 3.63) is 0 Å². The van der Waals surface area contributed by atoms with Crippen LogP contribution in [0.1, 0.15) is 13.3 Å². The molecule has 0 heterocycles. The first-order chi connectivity index (χ1) is 6.02. The molecule has 1 rings (SSSR count). The van der Waals surface area contributed by atoms with Gasteiger partial charge in [0.15, 0.2) is 9.84 Å². The molecule has 0 unspecified atom stereocenters. The van der Waals surface area contributed by atoms with Crippen molar-refractivity contribution in [3.8, 4) is 0 Å². The molecule has 1 fully saturated rings. The van der Waals surface area contributed by atoms with Gasteiger partial charge in [-0.1, -0.05) is 6.92 Å². The molecule has 0 aromatic heterocycles. The molecule has 1 aliphatic rings. The molecule has 13 heavy (non-hydrogen) atoms. The maximum Gasteiger partial charge on any atom is 0.153 e. The predicted molar refractivity (Wildman–Crippen MR) is 51.2 cm³/mol. The minimum absolute atomic E-state index is 0.198. The summed E-state index contributed by atoms with van der Waals surface area (Å²) in [5.74, 6) is 0.198. The molecule has 78 valence electrons. The first kappa shape index (κ1) is 10.9. The summed E-state index contributed by atoms with van der Waals surface area (Å²) in [7, 11) is -1.35. The minimum atomic E-state index is -2.93. The van der Waals surface area contributed by atoms with E-state index >= 15 is 0 Å². The highest BCUT2D eigenvalue weighted by Crippen LogP contribution is 2.50. The summed E-state index contributed by atoms with van der Waals surface area (Å²) in [6.07, 6.45) is 0.660. The van der Waals surface area contributed by atoms with Gasteiger partial charge in [0.2, 0.25) is 0 Å². The van der Waals surface area contributed by atoms with Crippen LogP contribution in [0.5, 0.6) is 0 Å². The molecular weight excluding hydrogens is 190 g/mol. The Morgan fingerprint density at radius 1 is 1.62 bits per heavy atom. The minimum Gasteiger partial charge on any atom is -0.384 e. The molecule has 0 radical (unpaired) electrons. The van der Waals surface area contributed by atoms with Crippen molar-refractivity contribution in [1.82, 2.24) is 0 Å². The van der Waals surface area contributed by atoms with Gasteiger partial charge in [-0.05, 0) is 6.42 Å². The molecule has 0 amide bonds. The maximum absolute atomic E-state index is 11.5. The summed E-state index contributed by atoms with van der Waals surface area (Å²) in [6.45, 7) is 2.51. The summed E-state index contributed by atoms with van der Waals surface area (Å²) >= 11 is 0. The van der Waals surface area contributed by atoms with Crippen molar-refractivity contribution in [2.45, 2.75) is 18.6 Å². The molecule has 5 heteroatoms. The zero-order chi connectivity index (χ0) is 10.1. The van der Waals surface area contributed by atoms with E-state index in [1.54, 1.807) is 14.0 Å². The SMILES string of the molecule is CCS(=O)(=O)[C@H]1C[C@@]1(CN)COC. The molecule has 4 nitrogen and oxygen atoms in total. The van der Waals surface area contributed by atoms with Gasteiger partial charge in [0, 0.05) is 24.8 Å². The second kappa shape index (κ2) is 3.55. The number of sulfone groups is 1. The van der Waals surface area contributed by atoms with Crippen molar-refractivity contribution in [2.24, 2.45) is 11.1 Å². The lowest BCUT2D eigenvalue weighted by Gasteiger charge is -2.12. The standard InChI is InChI=1S/C8H17NO3S/c1-3-13(10,11)7-4-8(7,5-9)6-12-2/h7H,3-6,9H2,1-2H3/t7-,8+/m0/s1. The van der Waals surface area contributed by atoms with Crippen LogP contribution in [0, 0.1) is 5.41 Å². The van der Waals surface area contributed by atoms with E-state index in [4.69, 9.17) is 10.5 Å². The van der Waals surface area contributed by atoms with Crippen LogP contribution in [-0.4, -0.2) is 39.7 Å². The highest BCUT2D eigenvalue weighted by atomic mass is 32.2. The first-order valence-electron chi connectivity index (χ1n) is 4.43. The number of methoxy groups -OCH3 is 1. The van der Waals surface area contributed by atoms with Gasteiger partial charge in [-0.15, -0.1) is 0 Å². The van der Waals surface area contributed by atoms with Crippen LogP contribution in [0.4, 0.5) is 0 Å². The molecule has 0 aromatic rings. The van der Waals surface area contributed by atoms with Crippen LogP contribution < -0.4 is 5.73 Å². The van der Waals surface area contributed by atoms with Gasteiger partial charge >= 0.3 is 0 Å². The Labute approximate surface area is 79.4 Å². The Morgan fingerprint density at radius 2 is 2.23 bits per heavy atom. The Morgan fingerprint density at radius 3 is 2.62 bits per heavy atom. The molecule has 0 aliphatic heterocycles. The molecule has 0 saturated heterocycles. The average molecular weight is 207 g/mol. The van der Waals surface area contributed by atoms with Crippen molar-refractivity contribution in [1.29, 1.82) is 0 Å². The lowest BCUT2D eigenvalue weighted by molar-refractivity contribution is 0.145. The fourth-order valence-electron chi connectivity index (χ4n) is 1.73. The van der Waals surface area contributed by atoms with Crippen LogP contribution in [0.2, 0.25) is 0 Å². The van der Waals surface area contributed by atoms with Crippen LogP contribution in [0.25, 0.3) is 0 Å². The predicted octanol–water partition coefficient (Wildman–Crippen LogP) is -0.215. The Bertz CT molecular complexity index is 275. The van der Waals surface area contributed by atoms with Crippen molar-refractivity contribution in [3.63, 3.8) is 0 Å². The van der Waals surface area contributed by atoms with E-state index in [-0.39, 0.29) is 16.4 Å². The molecule has 2 atom stereocenters. The number of hydrogen-bond donors (Lipinski definition) is 1. The lowest BCUT2D eigenvalue weighted by Crippen LogP contribution is -2.28. The lowest BCUT2D eigenvalue weighted by atomic mass is 10.1. The van der Waals surface area contributed by atoms with Gasteiger partial charge in [0.1, 0.15) is 0 Å². The van der Waals surface area contributed by atoms with E-state index in [0.29, 0.717) is 19.6 Å². The summed E-state index contributed by atoms with van der Waals surface area (Å²) in [5.41, 5.74) is 5.26. The van der Waals surface area contributed by atoms with E-state index in [9.17, 15) is 8.42 Å². The number of nitrogens with two attached hydrogens (primary N) is 1. The Balaban J connectivity index is 2.70. The average Bonchev–Trinajstić information content (AvgIpc) is 2.82. The summed E-state index contributed by atoms with van der Waals surface area (Å²) in [5, 5.41) is -0.269. The van der Waals surface area contributed by atoms with Crippen LogP contribution in [0.15, 0.2) is 0 Å². The third-order valence-corrected chi connectivity index (χ3v) is 5.13. The quantitative estimate of drug-likeness (QED) is 0.677. The van der Waals surface area contributed by atoms with Crippen LogP contribution in [-0.2, 0) is 14.6 Å². The van der Waals surface area contributed by atoms with Gasteiger partial charge in [-0.25, -0.2) is 8.42 Å². The monoisotopic (exact) mass is 207 g/mol. The molecule has 0 spiro atoms. The number of ether oxygens (including phenoxy) is 1. The van der Waals surface area contributed by atoms with Gasteiger partial charge < -0.3 is 10.5 Å². The molecule has 1 saturated carbocycles. The second-order valence-electron chi connectivity index (χ2n) is 3.64. The van der Waals surface area contributed by atoms with Gasteiger partial charge in [0.05, 0.1) is 11.9 Å². The fourth-order valence-corrected chi connectivity index (χ4v) is 3.65. The third-order valence-electron chi connectivity index (χ3n) is 2.79. The molecule has 1 aliphatic carbocycles. The van der Waals surface area contributed by atoms with Crippen LogP contribution in [0.3, 0.4) is 0 Å². The van der Waals surface area contributed by atoms with E-state index in [2.05, 4.69) is 0 Å². The Hall–Kier alpha value is -0.130. The van der Waals surface area contributed by atoms with Crippen LogP contribution >= 0.6 is 0 Å². The molecule has 2 N–H and O–H groups in total. The summed E-state index contributed by atoms with van der Waals surface area (Å²) in [4.78, 5) is 0. The molecule has 0 aromatic carbocycles. The zero-order valence-electron chi connectivity index (χ0n) is 8.12. The van der Waals surface area contributed by atoms with Crippen molar-refractivity contribution >= 4 is 9.84 Å². The Kier molecular flexibility index (Phi) is 2.99. The topological polar surface area (TPSA) is 69.4 Å². The van der Waals surface area contributed by atoms with Crippen molar-refractivity contribution < 1.29 is 13.2 Å². The second-order valence-corrected chi connectivity index (χ2v) is 6.12. The number of hydrogen-bond acceptors (Lipinski definition) is 4. The summed E-state index contributed by atoms with van der Waals surface area (Å²) in [6, 6.07) is 0. The summed E-state index contributed by atoms with van der Waals surface area (Å²) < 4.78 is 28.0. The van der Waals surface area contributed by atoms with E-state index in [1.165, 1.54) is 0 Å². The van der Waals surface area contributed by atoms with E-state index < -0.39 is 9.84 Å².